The summed E-state index contributed by atoms with van der Waals surface area (Å²) < 4.78 is 0. The van der Waals surface area contributed by atoms with E-state index in [1.165, 1.54) is 32.4 Å². The van der Waals surface area contributed by atoms with E-state index in [4.69, 9.17) is 28.9 Å². The van der Waals surface area contributed by atoms with Crippen LogP contribution < -0.4 is 5.73 Å². The van der Waals surface area contributed by atoms with E-state index >= 15 is 0 Å². The summed E-state index contributed by atoms with van der Waals surface area (Å²) in [5, 5.41) is 1.11. The van der Waals surface area contributed by atoms with Crippen LogP contribution in [0.1, 0.15) is 31.7 Å². The molecule has 1 aliphatic rings. The minimum absolute atomic E-state index is 0.479. The van der Waals surface area contributed by atoms with Crippen LogP contribution in [0.4, 0.5) is 5.69 Å². The molecule has 1 aliphatic heterocycles. The molecule has 0 radical (unpaired) electrons. The zero-order chi connectivity index (χ0) is 13.1. The second kappa shape index (κ2) is 6.14. The Labute approximate surface area is 119 Å². The average Bonchev–Trinajstić information content (AvgIpc) is 2.74. The van der Waals surface area contributed by atoms with Crippen molar-refractivity contribution in [3.8, 4) is 0 Å². The lowest BCUT2D eigenvalue weighted by Crippen LogP contribution is -2.20. The predicted molar refractivity (Wildman–Crippen MR) is 79.2 cm³/mol. The molecule has 4 heteroatoms. The van der Waals surface area contributed by atoms with Crippen LogP contribution in [0.15, 0.2) is 12.1 Å². The number of benzene rings is 1. The zero-order valence-electron chi connectivity index (χ0n) is 10.8. The molecule has 1 fully saturated rings. The molecule has 1 atom stereocenters. The normalized spacial score (nSPS) is 20.5. The van der Waals surface area contributed by atoms with Crippen LogP contribution in [0, 0.1) is 5.92 Å². The van der Waals surface area contributed by atoms with Gasteiger partial charge in [-0.25, -0.2) is 0 Å². The Balaban J connectivity index is 1.98. The van der Waals surface area contributed by atoms with Crippen molar-refractivity contribution in [1.29, 1.82) is 0 Å². The lowest BCUT2D eigenvalue weighted by atomic mass is 10.0. The molecule has 1 aromatic carbocycles. The fourth-order valence-electron chi connectivity index (χ4n) is 2.69. The largest absolute Gasteiger partial charge is 0.396 e. The van der Waals surface area contributed by atoms with Crippen LogP contribution >= 0.6 is 23.2 Å². The molecule has 0 saturated carbocycles. The number of nitrogen functional groups attached to an aromatic ring is 1. The maximum atomic E-state index is 6.05. The number of rotatable bonds is 4. The topological polar surface area (TPSA) is 29.3 Å². The number of nitrogens with two attached hydrogens (primary N) is 1. The van der Waals surface area contributed by atoms with Gasteiger partial charge in [-0.3, -0.25) is 4.90 Å². The molecule has 0 spiro atoms. The van der Waals surface area contributed by atoms with Gasteiger partial charge in [0.1, 0.15) is 0 Å². The number of likely N-dealkylation sites (tertiary alicyclic amines) is 1. The van der Waals surface area contributed by atoms with E-state index in [1.807, 2.05) is 12.1 Å². The van der Waals surface area contributed by atoms with Crippen molar-refractivity contribution in [3.63, 3.8) is 0 Å². The van der Waals surface area contributed by atoms with Crippen molar-refractivity contribution in [2.45, 2.75) is 32.7 Å². The lowest BCUT2D eigenvalue weighted by Gasteiger charge is -2.17. The average molecular weight is 287 g/mol. The third-order valence-electron chi connectivity index (χ3n) is 3.61. The molecular formula is C14H20Cl2N2. The Morgan fingerprint density at radius 3 is 2.61 bits per heavy atom. The summed E-state index contributed by atoms with van der Waals surface area (Å²) in [4.78, 5) is 2.47. The van der Waals surface area contributed by atoms with E-state index in [9.17, 15) is 0 Å². The zero-order valence-corrected chi connectivity index (χ0v) is 12.3. The quantitative estimate of drug-likeness (QED) is 0.841. The highest BCUT2D eigenvalue weighted by atomic mass is 35.5. The Kier molecular flexibility index (Phi) is 4.77. The van der Waals surface area contributed by atoms with Crippen LogP contribution in [0.25, 0.3) is 0 Å². The van der Waals surface area contributed by atoms with Gasteiger partial charge in [0.15, 0.2) is 0 Å². The summed E-state index contributed by atoms with van der Waals surface area (Å²) in [6, 6.07) is 3.85. The highest BCUT2D eigenvalue weighted by Crippen LogP contribution is 2.30. The third kappa shape index (κ3) is 3.31. The maximum absolute atomic E-state index is 6.05. The molecule has 0 bridgehead atoms. The first-order chi connectivity index (χ1) is 8.60. The van der Waals surface area contributed by atoms with Gasteiger partial charge < -0.3 is 5.73 Å². The molecule has 18 heavy (non-hydrogen) atoms. The smallest absolute Gasteiger partial charge is 0.0693 e. The summed E-state index contributed by atoms with van der Waals surface area (Å²) in [5.74, 6) is 0.856. The standard InChI is InChI=1S/C14H20Cl2N2/c1-2-3-10-4-5-18(8-10)9-11-6-12(15)14(17)13(16)7-11/h6-7,10H,2-5,8-9,17H2,1H3. The van der Waals surface area contributed by atoms with Gasteiger partial charge in [-0.2, -0.15) is 0 Å². The Bertz CT molecular complexity index is 397. The molecule has 1 heterocycles. The Hall–Kier alpha value is -0.440. The van der Waals surface area contributed by atoms with Crippen molar-refractivity contribution in [2.24, 2.45) is 5.92 Å². The molecule has 1 unspecified atom stereocenters. The summed E-state index contributed by atoms with van der Waals surface area (Å²) >= 11 is 12.1. The van der Waals surface area contributed by atoms with Gasteiger partial charge in [0.2, 0.25) is 0 Å². The molecule has 2 rings (SSSR count). The first-order valence-electron chi connectivity index (χ1n) is 6.56. The number of hydrogen-bond donors (Lipinski definition) is 1. The first-order valence-corrected chi connectivity index (χ1v) is 7.31. The molecule has 0 aliphatic carbocycles. The van der Waals surface area contributed by atoms with Crippen LogP contribution in [0.2, 0.25) is 10.0 Å². The van der Waals surface area contributed by atoms with Gasteiger partial charge in [-0.1, -0.05) is 36.5 Å². The molecule has 2 nitrogen and oxygen atoms in total. The van der Waals surface area contributed by atoms with Crippen molar-refractivity contribution in [2.75, 3.05) is 18.8 Å². The molecule has 2 N–H and O–H groups in total. The SMILES string of the molecule is CCCC1CCN(Cc2cc(Cl)c(N)c(Cl)c2)C1. The summed E-state index contributed by atoms with van der Waals surface area (Å²) in [6.45, 7) is 5.53. The summed E-state index contributed by atoms with van der Waals surface area (Å²) in [6.07, 6.45) is 3.92. The van der Waals surface area contributed by atoms with Gasteiger partial charge in [0.25, 0.3) is 0 Å². The minimum atomic E-state index is 0.479. The van der Waals surface area contributed by atoms with E-state index in [1.54, 1.807) is 0 Å². The van der Waals surface area contributed by atoms with Gasteiger partial charge in [0, 0.05) is 13.1 Å². The lowest BCUT2D eigenvalue weighted by molar-refractivity contribution is 0.313. The summed E-state index contributed by atoms with van der Waals surface area (Å²) in [5.41, 5.74) is 7.37. The van der Waals surface area contributed by atoms with Crippen LogP contribution in [0.5, 0.6) is 0 Å². The van der Waals surface area contributed by atoms with Crippen molar-refractivity contribution < 1.29 is 0 Å². The van der Waals surface area contributed by atoms with Crippen LogP contribution in [-0.2, 0) is 6.54 Å². The highest BCUT2D eigenvalue weighted by Gasteiger charge is 2.21. The second-order valence-corrected chi connectivity index (χ2v) is 5.97. The van der Waals surface area contributed by atoms with E-state index < -0.39 is 0 Å². The maximum Gasteiger partial charge on any atom is 0.0693 e. The molecule has 0 aromatic heterocycles. The summed E-state index contributed by atoms with van der Waals surface area (Å²) in [7, 11) is 0. The van der Waals surface area contributed by atoms with Crippen molar-refractivity contribution in [1.82, 2.24) is 4.90 Å². The van der Waals surface area contributed by atoms with Crippen LogP contribution in [-0.4, -0.2) is 18.0 Å². The first kappa shape index (κ1) is 14.0. The monoisotopic (exact) mass is 286 g/mol. The Morgan fingerprint density at radius 1 is 1.33 bits per heavy atom. The number of anilines is 1. The van der Waals surface area contributed by atoms with Gasteiger partial charge in [-0.15, -0.1) is 0 Å². The van der Waals surface area contributed by atoms with Crippen LogP contribution in [0.3, 0.4) is 0 Å². The fraction of sp³-hybridized carbons (Fsp3) is 0.571. The number of nitrogens with zero attached hydrogens (tertiary/aromatic N) is 1. The van der Waals surface area contributed by atoms with E-state index in [0.717, 1.165) is 18.0 Å². The van der Waals surface area contributed by atoms with Gasteiger partial charge in [-0.05, 0) is 43.0 Å². The molecule has 1 saturated heterocycles. The van der Waals surface area contributed by atoms with E-state index in [0.29, 0.717) is 15.7 Å². The molecule has 100 valence electrons. The van der Waals surface area contributed by atoms with Crippen molar-refractivity contribution >= 4 is 28.9 Å². The third-order valence-corrected chi connectivity index (χ3v) is 4.24. The highest BCUT2D eigenvalue weighted by molar-refractivity contribution is 6.38. The van der Waals surface area contributed by atoms with Gasteiger partial charge >= 0.3 is 0 Å². The number of halogens is 2. The van der Waals surface area contributed by atoms with E-state index in [-0.39, 0.29) is 0 Å². The Morgan fingerprint density at radius 2 is 2.00 bits per heavy atom. The number of hydrogen-bond acceptors (Lipinski definition) is 2. The molecule has 1 aromatic rings. The second-order valence-electron chi connectivity index (χ2n) is 5.15. The predicted octanol–water partition coefficient (Wildman–Crippen LogP) is 4.20. The van der Waals surface area contributed by atoms with E-state index in [2.05, 4.69) is 11.8 Å². The fourth-order valence-corrected chi connectivity index (χ4v) is 3.22. The molecular weight excluding hydrogens is 267 g/mol. The van der Waals surface area contributed by atoms with Gasteiger partial charge in [0.05, 0.1) is 15.7 Å². The minimum Gasteiger partial charge on any atom is -0.396 e. The molecule has 0 amide bonds. The van der Waals surface area contributed by atoms with Crippen molar-refractivity contribution in [3.05, 3.63) is 27.7 Å².